The SMILES string of the molecule is NCc1ccc(C(=O)N2CCC([C@H](O)c3ccc(F)cc3)CC2)cc1. The zero-order chi connectivity index (χ0) is 17.8. The number of nitrogens with two attached hydrogens (primary N) is 1. The molecule has 132 valence electrons. The van der Waals surface area contributed by atoms with E-state index in [4.69, 9.17) is 5.73 Å². The number of hydrogen-bond donors (Lipinski definition) is 2. The maximum atomic E-state index is 13.0. The van der Waals surface area contributed by atoms with Gasteiger partial charge in [0.2, 0.25) is 0 Å². The molecule has 2 aromatic carbocycles. The number of carbonyl (C=O) groups excluding carboxylic acids is 1. The lowest BCUT2D eigenvalue weighted by Gasteiger charge is -2.34. The van der Waals surface area contributed by atoms with Crippen molar-refractivity contribution in [2.75, 3.05) is 13.1 Å². The predicted molar refractivity (Wildman–Crippen MR) is 94.3 cm³/mol. The number of nitrogens with zero attached hydrogens (tertiary/aromatic N) is 1. The van der Waals surface area contributed by atoms with Gasteiger partial charge in [0, 0.05) is 25.2 Å². The van der Waals surface area contributed by atoms with Crippen LogP contribution >= 0.6 is 0 Å². The molecule has 0 bridgehead atoms. The van der Waals surface area contributed by atoms with Crippen molar-refractivity contribution in [3.05, 3.63) is 71.0 Å². The number of aliphatic hydroxyl groups excluding tert-OH is 1. The zero-order valence-corrected chi connectivity index (χ0v) is 14.1. The lowest BCUT2D eigenvalue weighted by molar-refractivity contribution is 0.0462. The number of hydrogen-bond acceptors (Lipinski definition) is 3. The summed E-state index contributed by atoms with van der Waals surface area (Å²) in [7, 11) is 0. The quantitative estimate of drug-likeness (QED) is 0.898. The average molecular weight is 342 g/mol. The Morgan fingerprint density at radius 2 is 1.72 bits per heavy atom. The Kier molecular flexibility index (Phi) is 5.46. The average Bonchev–Trinajstić information content (AvgIpc) is 2.67. The molecule has 0 radical (unpaired) electrons. The molecule has 1 aliphatic rings. The first-order valence-electron chi connectivity index (χ1n) is 8.60. The first kappa shape index (κ1) is 17.6. The molecule has 0 saturated carbocycles. The van der Waals surface area contributed by atoms with Gasteiger partial charge in [-0.3, -0.25) is 4.79 Å². The molecule has 5 heteroatoms. The molecule has 1 amide bonds. The van der Waals surface area contributed by atoms with Gasteiger partial charge in [-0.2, -0.15) is 0 Å². The van der Waals surface area contributed by atoms with Crippen LogP contribution in [0.2, 0.25) is 0 Å². The molecule has 1 heterocycles. The summed E-state index contributed by atoms with van der Waals surface area (Å²) in [6.45, 7) is 1.68. The van der Waals surface area contributed by atoms with Crippen LogP contribution in [-0.2, 0) is 6.54 Å². The van der Waals surface area contributed by atoms with Crippen LogP contribution in [0.4, 0.5) is 4.39 Å². The number of likely N-dealkylation sites (tertiary alicyclic amines) is 1. The highest BCUT2D eigenvalue weighted by molar-refractivity contribution is 5.94. The Bertz CT molecular complexity index is 707. The molecule has 25 heavy (non-hydrogen) atoms. The zero-order valence-electron chi connectivity index (χ0n) is 14.1. The summed E-state index contributed by atoms with van der Waals surface area (Å²) in [6, 6.07) is 13.3. The Balaban J connectivity index is 1.59. The minimum atomic E-state index is -0.623. The van der Waals surface area contributed by atoms with E-state index < -0.39 is 6.10 Å². The summed E-state index contributed by atoms with van der Waals surface area (Å²) < 4.78 is 13.0. The van der Waals surface area contributed by atoms with E-state index in [9.17, 15) is 14.3 Å². The van der Waals surface area contributed by atoms with E-state index in [0.29, 0.717) is 25.2 Å². The summed E-state index contributed by atoms with van der Waals surface area (Å²) in [5.41, 5.74) is 7.96. The molecule has 1 aliphatic heterocycles. The maximum Gasteiger partial charge on any atom is 0.253 e. The second-order valence-electron chi connectivity index (χ2n) is 6.53. The third-order valence-electron chi connectivity index (χ3n) is 4.92. The minimum absolute atomic E-state index is 0.0123. The van der Waals surface area contributed by atoms with Crippen LogP contribution < -0.4 is 5.73 Å². The van der Waals surface area contributed by atoms with Crippen LogP contribution in [-0.4, -0.2) is 29.0 Å². The Morgan fingerprint density at radius 1 is 1.12 bits per heavy atom. The molecule has 2 aromatic rings. The fraction of sp³-hybridized carbons (Fsp3) is 0.350. The second-order valence-corrected chi connectivity index (χ2v) is 6.53. The third-order valence-corrected chi connectivity index (χ3v) is 4.92. The molecular weight excluding hydrogens is 319 g/mol. The normalized spacial score (nSPS) is 16.7. The summed E-state index contributed by atoms with van der Waals surface area (Å²) in [5, 5.41) is 10.5. The van der Waals surface area contributed by atoms with E-state index in [2.05, 4.69) is 0 Å². The Labute approximate surface area is 147 Å². The van der Waals surface area contributed by atoms with Crippen molar-refractivity contribution in [3.63, 3.8) is 0 Å². The van der Waals surface area contributed by atoms with Crippen LogP contribution in [0.25, 0.3) is 0 Å². The van der Waals surface area contributed by atoms with Crippen molar-refractivity contribution in [1.29, 1.82) is 0 Å². The molecule has 3 rings (SSSR count). The molecule has 1 fully saturated rings. The van der Waals surface area contributed by atoms with Crippen LogP contribution in [0.3, 0.4) is 0 Å². The number of amides is 1. The number of halogens is 1. The Hall–Kier alpha value is -2.24. The van der Waals surface area contributed by atoms with E-state index in [1.807, 2.05) is 29.2 Å². The number of aliphatic hydroxyl groups is 1. The largest absolute Gasteiger partial charge is 0.388 e. The smallest absolute Gasteiger partial charge is 0.253 e. The van der Waals surface area contributed by atoms with Crippen LogP contribution in [0, 0.1) is 11.7 Å². The summed E-state index contributed by atoms with van der Waals surface area (Å²) in [5.74, 6) is -0.218. The van der Waals surface area contributed by atoms with Crippen molar-refractivity contribution in [2.24, 2.45) is 11.7 Å². The van der Waals surface area contributed by atoms with Gasteiger partial charge in [0.25, 0.3) is 5.91 Å². The van der Waals surface area contributed by atoms with E-state index in [1.54, 1.807) is 12.1 Å². The molecule has 1 saturated heterocycles. The lowest BCUT2D eigenvalue weighted by Crippen LogP contribution is -2.39. The summed E-state index contributed by atoms with van der Waals surface area (Å²) in [6.07, 6.45) is 0.831. The van der Waals surface area contributed by atoms with Crippen molar-refractivity contribution < 1.29 is 14.3 Å². The molecule has 0 unspecified atom stereocenters. The molecule has 4 nitrogen and oxygen atoms in total. The third kappa shape index (κ3) is 4.06. The molecule has 1 atom stereocenters. The maximum absolute atomic E-state index is 13.0. The van der Waals surface area contributed by atoms with Gasteiger partial charge in [0.05, 0.1) is 6.10 Å². The van der Waals surface area contributed by atoms with Crippen LogP contribution in [0.1, 0.15) is 40.4 Å². The van der Waals surface area contributed by atoms with Crippen molar-refractivity contribution in [2.45, 2.75) is 25.5 Å². The van der Waals surface area contributed by atoms with E-state index in [1.165, 1.54) is 12.1 Å². The fourth-order valence-corrected chi connectivity index (χ4v) is 3.32. The van der Waals surface area contributed by atoms with E-state index >= 15 is 0 Å². The van der Waals surface area contributed by atoms with Gasteiger partial charge in [-0.15, -0.1) is 0 Å². The van der Waals surface area contributed by atoms with E-state index in [0.717, 1.165) is 24.0 Å². The second kappa shape index (κ2) is 7.76. The molecular formula is C20H23FN2O2. The molecule has 0 spiro atoms. The number of benzene rings is 2. The van der Waals surface area contributed by atoms with Gasteiger partial charge >= 0.3 is 0 Å². The van der Waals surface area contributed by atoms with Gasteiger partial charge in [0.1, 0.15) is 5.82 Å². The van der Waals surface area contributed by atoms with Gasteiger partial charge in [-0.25, -0.2) is 4.39 Å². The summed E-state index contributed by atoms with van der Waals surface area (Å²) in [4.78, 5) is 14.4. The molecule has 0 aliphatic carbocycles. The van der Waals surface area contributed by atoms with Gasteiger partial charge in [-0.05, 0) is 54.2 Å². The van der Waals surface area contributed by atoms with Gasteiger partial charge < -0.3 is 15.7 Å². The molecule has 3 N–H and O–H groups in total. The minimum Gasteiger partial charge on any atom is -0.388 e. The topological polar surface area (TPSA) is 66.6 Å². The van der Waals surface area contributed by atoms with Crippen LogP contribution in [0.15, 0.2) is 48.5 Å². The van der Waals surface area contributed by atoms with E-state index in [-0.39, 0.29) is 17.6 Å². The lowest BCUT2D eigenvalue weighted by atomic mass is 9.87. The highest BCUT2D eigenvalue weighted by Gasteiger charge is 2.28. The first-order chi connectivity index (χ1) is 12.1. The van der Waals surface area contributed by atoms with Crippen molar-refractivity contribution >= 4 is 5.91 Å². The standard InChI is InChI=1S/C20H23FN2O2/c21-18-7-5-15(6-8-18)19(24)16-9-11-23(12-10-16)20(25)17-3-1-14(13-22)2-4-17/h1-8,16,19,24H,9-13,22H2/t19-/m1/s1. The van der Waals surface area contributed by atoms with Gasteiger partial charge in [-0.1, -0.05) is 24.3 Å². The van der Waals surface area contributed by atoms with Crippen molar-refractivity contribution in [1.82, 2.24) is 4.90 Å². The van der Waals surface area contributed by atoms with Crippen molar-refractivity contribution in [3.8, 4) is 0 Å². The fourth-order valence-electron chi connectivity index (χ4n) is 3.32. The number of carbonyl (C=O) groups is 1. The highest BCUT2D eigenvalue weighted by atomic mass is 19.1. The number of piperidine rings is 1. The first-order valence-corrected chi connectivity index (χ1v) is 8.60. The number of rotatable bonds is 4. The molecule has 0 aromatic heterocycles. The van der Waals surface area contributed by atoms with Crippen LogP contribution in [0.5, 0.6) is 0 Å². The monoisotopic (exact) mass is 342 g/mol. The summed E-state index contributed by atoms with van der Waals surface area (Å²) >= 11 is 0. The predicted octanol–water partition coefficient (Wildman–Crippen LogP) is 2.87. The highest BCUT2D eigenvalue weighted by Crippen LogP contribution is 2.31. The van der Waals surface area contributed by atoms with Gasteiger partial charge in [0.15, 0.2) is 0 Å². The Morgan fingerprint density at radius 3 is 2.28 bits per heavy atom.